The fourth-order valence-corrected chi connectivity index (χ4v) is 3.74. The van der Waals surface area contributed by atoms with Gasteiger partial charge in [-0.25, -0.2) is 4.98 Å². The smallest absolute Gasteiger partial charge is 0.256 e. The molecule has 21 heavy (non-hydrogen) atoms. The fourth-order valence-electron chi connectivity index (χ4n) is 2.79. The largest absolute Gasteiger partial charge is 0.329 e. The molecule has 2 aromatic heterocycles. The first-order valence-corrected chi connectivity index (χ1v) is 8.18. The van der Waals surface area contributed by atoms with E-state index in [4.69, 9.17) is 0 Å². The molecule has 5 heteroatoms. The SMILES string of the molecule is Cc1cncc(C(=O)N2CCCC[C@H]2c2nc(C)cs2)c1. The van der Waals surface area contributed by atoms with Crippen LogP contribution in [0.5, 0.6) is 0 Å². The number of likely N-dealkylation sites (tertiary alicyclic amines) is 1. The Hall–Kier alpha value is -1.75. The predicted octanol–water partition coefficient (Wildman–Crippen LogP) is 3.52. The van der Waals surface area contributed by atoms with Crippen molar-refractivity contribution >= 4 is 17.2 Å². The van der Waals surface area contributed by atoms with Crippen molar-refractivity contribution in [3.05, 3.63) is 45.7 Å². The van der Waals surface area contributed by atoms with Crippen LogP contribution in [0.25, 0.3) is 0 Å². The summed E-state index contributed by atoms with van der Waals surface area (Å²) in [5.41, 5.74) is 2.72. The summed E-state index contributed by atoms with van der Waals surface area (Å²) in [4.78, 5) is 23.5. The number of hydrogen-bond acceptors (Lipinski definition) is 4. The highest BCUT2D eigenvalue weighted by atomic mass is 32.1. The number of piperidine rings is 1. The van der Waals surface area contributed by atoms with Crippen LogP contribution in [0.2, 0.25) is 0 Å². The van der Waals surface area contributed by atoms with Gasteiger partial charge in [0.1, 0.15) is 5.01 Å². The quantitative estimate of drug-likeness (QED) is 0.852. The lowest BCUT2D eigenvalue weighted by Crippen LogP contribution is -2.38. The summed E-state index contributed by atoms with van der Waals surface area (Å²) in [6.45, 7) is 4.76. The van der Waals surface area contributed by atoms with Crippen LogP contribution in [0, 0.1) is 13.8 Å². The van der Waals surface area contributed by atoms with Crippen molar-refractivity contribution in [3.8, 4) is 0 Å². The predicted molar refractivity (Wildman–Crippen MR) is 83.5 cm³/mol. The van der Waals surface area contributed by atoms with E-state index in [9.17, 15) is 4.79 Å². The molecular weight excluding hydrogens is 282 g/mol. The van der Waals surface area contributed by atoms with E-state index < -0.39 is 0 Å². The summed E-state index contributed by atoms with van der Waals surface area (Å²) in [5.74, 6) is 0.0729. The Morgan fingerprint density at radius 3 is 2.90 bits per heavy atom. The average Bonchev–Trinajstić information content (AvgIpc) is 2.93. The highest BCUT2D eigenvalue weighted by Crippen LogP contribution is 2.33. The zero-order chi connectivity index (χ0) is 14.8. The number of thiazole rings is 1. The minimum absolute atomic E-state index is 0.0729. The molecule has 3 rings (SSSR count). The van der Waals surface area contributed by atoms with E-state index in [1.54, 1.807) is 23.7 Å². The third-order valence-corrected chi connectivity index (χ3v) is 4.87. The maximum atomic E-state index is 12.8. The van der Waals surface area contributed by atoms with Gasteiger partial charge in [-0.05, 0) is 44.7 Å². The lowest BCUT2D eigenvalue weighted by Gasteiger charge is -2.34. The Balaban J connectivity index is 1.89. The molecular formula is C16H19N3OS. The number of nitrogens with zero attached hydrogens (tertiary/aromatic N) is 3. The van der Waals surface area contributed by atoms with Crippen molar-refractivity contribution in [2.75, 3.05) is 6.54 Å². The Kier molecular flexibility index (Phi) is 4.01. The number of amides is 1. The first kappa shape index (κ1) is 14.2. The van der Waals surface area contributed by atoms with Gasteiger partial charge >= 0.3 is 0 Å². The average molecular weight is 301 g/mol. The molecule has 3 heterocycles. The summed E-state index contributed by atoms with van der Waals surface area (Å²) in [7, 11) is 0. The molecule has 2 aromatic rings. The van der Waals surface area contributed by atoms with Gasteiger partial charge in [0.15, 0.2) is 0 Å². The summed E-state index contributed by atoms with van der Waals surface area (Å²) in [6.07, 6.45) is 6.64. The van der Waals surface area contributed by atoms with Crippen LogP contribution < -0.4 is 0 Å². The standard InChI is InChI=1S/C16H19N3OS/c1-11-7-13(9-17-8-11)16(20)19-6-4-3-5-14(19)15-18-12(2)10-21-15/h7-10,14H,3-6H2,1-2H3/t14-/m0/s1. The van der Waals surface area contributed by atoms with Crippen molar-refractivity contribution < 1.29 is 4.79 Å². The molecule has 1 aliphatic rings. The van der Waals surface area contributed by atoms with E-state index in [1.165, 1.54) is 0 Å². The molecule has 0 aliphatic carbocycles. The number of aromatic nitrogens is 2. The molecule has 0 N–H and O–H groups in total. The van der Waals surface area contributed by atoms with E-state index >= 15 is 0 Å². The fraction of sp³-hybridized carbons (Fsp3) is 0.438. The second-order valence-corrected chi connectivity index (χ2v) is 6.48. The van der Waals surface area contributed by atoms with Gasteiger partial charge < -0.3 is 4.90 Å². The molecule has 0 unspecified atom stereocenters. The molecule has 1 saturated heterocycles. The third-order valence-electron chi connectivity index (χ3n) is 3.81. The molecule has 0 radical (unpaired) electrons. The lowest BCUT2D eigenvalue weighted by molar-refractivity contribution is 0.0610. The molecule has 0 spiro atoms. The summed E-state index contributed by atoms with van der Waals surface area (Å²) in [6, 6.07) is 2.03. The molecule has 0 bridgehead atoms. The Morgan fingerprint density at radius 2 is 2.19 bits per heavy atom. The zero-order valence-electron chi connectivity index (χ0n) is 12.4. The molecule has 1 fully saturated rings. The van der Waals surface area contributed by atoms with Gasteiger partial charge in [-0.3, -0.25) is 9.78 Å². The van der Waals surface area contributed by atoms with Crippen molar-refractivity contribution in [3.63, 3.8) is 0 Å². The summed E-state index contributed by atoms with van der Waals surface area (Å²) < 4.78 is 0. The highest BCUT2D eigenvalue weighted by Gasteiger charge is 2.30. The number of carbonyl (C=O) groups is 1. The topological polar surface area (TPSA) is 46.1 Å². The molecule has 110 valence electrons. The first-order valence-electron chi connectivity index (χ1n) is 7.30. The van der Waals surface area contributed by atoms with Crippen LogP contribution >= 0.6 is 11.3 Å². The molecule has 1 atom stereocenters. The maximum Gasteiger partial charge on any atom is 0.256 e. The first-order chi connectivity index (χ1) is 10.1. The van der Waals surface area contributed by atoms with Crippen molar-refractivity contribution in [2.45, 2.75) is 39.2 Å². The lowest BCUT2D eigenvalue weighted by atomic mass is 10.0. The van der Waals surface area contributed by atoms with Crippen LogP contribution in [-0.4, -0.2) is 27.3 Å². The second-order valence-electron chi connectivity index (χ2n) is 5.59. The van der Waals surface area contributed by atoms with Gasteiger partial charge in [0, 0.05) is 30.0 Å². The zero-order valence-corrected chi connectivity index (χ0v) is 13.2. The van der Waals surface area contributed by atoms with Gasteiger partial charge in [0.05, 0.1) is 11.6 Å². The van der Waals surface area contributed by atoms with Gasteiger partial charge in [-0.2, -0.15) is 0 Å². The number of hydrogen-bond donors (Lipinski definition) is 0. The number of carbonyl (C=O) groups excluding carboxylic acids is 1. The third kappa shape index (κ3) is 2.97. The Labute approximate surface area is 128 Å². The molecule has 1 aliphatic heterocycles. The van der Waals surface area contributed by atoms with Crippen LogP contribution in [0.15, 0.2) is 23.8 Å². The minimum Gasteiger partial charge on any atom is -0.329 e. The van der Waals surface area contributed by atoms with Crippen LogP contribution in [0.3, 0.4) is 0 Å². The van der Waals surface area contributed by atoms with E-state index in [1.807, 2.05) is 24.8 Å². The Morgan fingerprint density at radius 1 is 1.33 bits per heavy atom. The molecule has 1 amide bonds. The number of pyridine rings is 1. The molecule has 0 saturated carbocycles. The van der Waals surface area contributed by atoms with Crippen LogP contribution in [-0.2, 0) is 0 Å². The number of rotatable bonds is 2. The number of aryl methyl sites for hydroxylation is 2. The van der Waals surface area contributed by atoms with E-state index in [0.717, 1.165) is 42.1 Å². The van der Waals surface area contributed by atoms with E-state index in [0.29, 0.717) is 5.56 Å². The molecule has 0 aromatic carbocycles. The molecule has 4 nitrogen and oxygen atoms in total. The van der Waals surface area contributed by atoms with Gasteiger partial charge in [-0.15, -0.1) is 11.3 Å². The maximum absolute atomic E-state index is 12.8. The van der Waals surface area contributed by atoms with Gasteiger partial charge in [-0.1, -0.05) is 0 Å². The van der Waals surface area contributed by atoms with Crippen molar-refractivity contribution in [1.29, 1.82) is 0 Å². The normalized spacial score (nSPS) is 18.8. The van der Waals surface area contributed by atoms with Gasteiger partial charge in [0.25, 0.3) is 5.91 Å². The van der Waals surface area contributed by atoms with Crippen LogP contribution in [0.1, 0.15) is 51.9 Å². The second kappa shape index (κ2) is 5.93. The summed E-state index contributed by atoms with van der Waals surface area (Å²) in [5, 5.41) is 3.11. The van der Waals surface area contributed by atoms with Gasteiger partial charge in [0.2, 0.25) is 0 Å². The monoisotopic (exact) mass is 301 g/mol. The highest BCUT2D eigenvalue weighted by molar-refractivity contribution is 7.09. The van der Waals surface area contributed by atoms with Crippen molar-refractivity contribution in [2.24, 2.45) is 0 Å². The Bertz CT molecular complexity index is 652. The van der Waals surface area contributed by atoms with E-state index in [-0.39, 0.29) is 11.9 Å². The summed E-state index contributed by atoms with van der Waals surface area (Å²) >= 11 is 1.65. The van der Waals surface area contributed by atoms with Crippen LogP contribution in [0.4, 0.5) is 0 Å². The van der Waals surface area contributed by atoms with Crippen molar-refractivity contribution in [1.82, 2.24) is 14.9 Å². The minimum atomic E-state index is 0.0729. The van der Waals surface area contributed by atoms with E-state index in [2.05, 4.69) is 15.3 Å².